The molecule has 6 nitrogen and oxygen atoms in total. The topological polar surface area (TPSA) is 61.4 Å². The molecule has 0 saturated carbocycles. The van der Waals surface area contributed by atoms with Gasteiger partial charge in [0.15, 0.2) is 0 Å². The Hall–Kier alpha value is -4.30. The maximum absolute atomic E-state index is 5.23. The molecule has 4 heterocycles. The summed E-state index contributed by atoms with van der Waals surface area (Å²) in [6.07, 6.45) is 7.47. The molecule has 0 N–H and O–H groups in total. The van der Waals surface area contributed by atoms with Crippen LogP contribution in [0.2, 0.25) is 11.5 Å². The van der Waals surface area contributed by atoms with Crippen LogP contribution in [0.15, 0.2) is 122 Å². The standard InChI is InChI=1S/C30H26GeN6/c1-31(2,27-17-15-25(23-11-5-3-6-12-23)29(34-27)36-21-9-19-32-36)28-18-16-26(24-13-7-4-8-14-24)30(35-28)37-22-10-20-33-37/h3-22H,1-2H3. The molecule has 0 aliphatic rings. The van der Waals surface area contributed by atoms with Gasteiger partial charge in [-0.05, 0) is 0 Å². The fourth-order valence-electron chi connectivity index (χ4n) is 4.55. The molecular weight excluding hydrogens is 517 g/mol. The molecule has 0 aliphatic heterocycles. The van der Waals surface area contributed by atoms with Crippen LogP contribution >= 0.6 is 0 Å². The van der Waals surface area contributed by atoms with Crippen molar-refractivity contribution in [3.63, 3.8) is 0 Å². The molecule has 0 saturated heterocycles. The van der Waals surface area contributed by atoms with Gasteiger partial charge in [-0.25, -0.2) is 0 Å². The van der Waals surface area contributed by atoms with E-state index < -0.39 is 13.3 Å². The summed E-state index contributed by atoms with van der Waals surface area (Å²) in [4.78, 5) is 10.5. The van der Waals surface area contributed by atoms with Gasteiger partial charge in [0.1, 0.15) is 0 Å². The molecule has 0 fully saturated rings. The van der Waals surface area contributed by atoms with E-state index in [1.54, 1.807) is 12.4 Å². The zero-order chi connectivity index (χ0) is 25.2. The average Bonchev–Trinajstić information content (AvgIpc) is 3.69. The van der Waals surface area contributed by atoms with E-state index in [9.17, 15) is 0 Å². The van der Waals surface area contributed by atoms with E-state index >= 15 is 0 Å². The van der Waals surface area contributed by atoms with Crippen molar-refractivity contribution in [3.8, 4) is 33.9 Å². The van der Waals surface area contributed by atoms with Crippen molar-refractivity contribution in [2.24, 2.45) is 0 Å². The van der Waals surface area contributed by atoms with Gasteiger partial charge in [0.2, 0.25) is 0 Å². The Morgan fingerprint density at radius 3 is 1.32 bits per heavy atom. The van der Waals surface area contributed by atoms with Crippen molar-refractivity contribution in [2.75, 3.05) is 0 Å². The first kappa shape index (κ1) is 23.1. The summed E-state index contributed by atoms with van der Waals surface area (Å²) in [5.41, 5.74) is 4.33. The fourth-order valence-corrected chi connectivity index (χ4v) is 8.81. The van der Waals surface area contributed by atoms with Crippen molar-refractivity contribution in [3.05, 3.63) is 122 Å². The summed E-state index contributed by atoms with van der Waals surface area (Å²) in [6, 6.07) is 33.2. The van der Waals surface area contributed by atoms with Gasteiger partial charge in [-0.3, -0.25) is 0 Å². The molecule has 0 bridgehead atoms. The summed E-state index contributed by atoms with van der Waals surface area (Å²) in [5.74, 6) is 6.35. The summed E-state index contributed by atoms with van der Waals surface area (Å²) >= 11 is -2.93. The number of benzene rings is 2. The number of nitrogens with zero attached hydrogens (tertiary/aromatic N) is 6. The summed E-state index contributed by atoms with van der Waals surface area (Å²) in [7, 11) is 0. The third-order valence-electron chi connectivity index (χ3n) is 6.64. The molecule has 6 aromatic rings. The Morgan fingerprint density at radius 1 is 0.514 bits per heavy atom. The molecule has 0 unspecified atom stereocenters. The zero-order valence-electron chi connectivity index (χ0n) is 20.7. The van der Waals surface area contributed by atoms with Crippen LogP contribution in [0.5, 0.6) is 0 Å². The van der Waals surface area contributed by atoms with Crippen LogP contribution in [-0.4, -0.2) is 42.8 Å². The van der Waals surface area contributed by atoms with Gasteiger partial charge in [0, 0.05) is 0 Å². The molecule has 7 heteroatoms. The van der Waals surface area contributed by atoms with E-state index in [0.717, 1.165) is 42.9 Å². The Balaban J connectivity index is 1.49. The van der Waals surface area contributed by atoms with Gasteiger partial charge in [0.05, 0.1) is 0 Å². The van der Waals surface area contributed by atoms with E-state index in [0.29, 0.717) is 0 Å². The van der Waals surface area contributed by atoms with Gasteiger partial charge in [-0.1, -0.05) is 0 Å². The number of rotatable bonds is 6. The maximum atomic E-state index is 5.23. The van der Waals surface area contributed by atoms with E-state index in [4.69, 9.17) is 9.97 Å². The van der Waals surface area contributed by atoms with Gasteiger partial charge in [-0.15, -0.1) is 0 Å². The molecule has 6 rings (SSSR count). The van der Waals surface area contributed by atoms with Crippen LogP contribution in [0, 0.1) is 0 Å². The van der Waals surface area contributed by atoms with Gasteiger partial charge >= 0.3 is 219 Å². The average molecular weight is 543 g/mol. The molecule has 2 aromatic carbocycles. The van der Waals surface area contributed by atoms with Crippen molar-refractivity contribution in [1.29, 1.82) is 0 Å². The van der Waals surface area contributed by atoms with Crippen molar-refractivity contribution in [2.45, 2.75) is 11.5 Å². The first-order valence-corrected chi connectivity index (χ1v) is 18.5. The van der Waals surface area contributed by atoms with Crippen LogP contribution in [-0.2, 0) is 0 Å². The number of pyridine rings is 2. The van der Waals surface area contributed by atoms with Gasteiger partial charge in [-0.2, -0.15) is 0 Å². The van der Waals surface area contributed by atoms with E-state index in [1.165, 1.54) is 0 Å². The predicted molar refractivity (Wildman–Crippen MR) is 150 cm³/mol. The van der Waals surface area contributed by atoms with Crippen LogP contribution in [0.25, 0.3) is 33.9 Å². The van der Waals surface area contributed by atoms with Crippen LogP contribution < -0.4 is 9.05 Å². The second-order valence-electron chi connectivity index (χ2n) is 9.39. The Morgan fingerprint density at radius 2 is 0.946 bits per heavy atom. The predicted octanol–water partition coefficient (Wildman–Crippen LogP) is 5.00. The van der Waals surface area contributed by atoms with Crippen LogP contribution in [0.3, 0.4) is 0 Å². The fraction of sp³-hybridized carbons (Fsp3) is 0.0667. The van der Waals surface area contributed by atoms with Gasteiger partial charge < -0.3 is 0 Å². The molecule has 0 amide bonds. The van der Waals surface area contributed by atoms with Crippen LogP contribution in [0.4, 0.5) is 0 Å². The Labute approximate surface area is 218 Å². The SMILES string of the molecule is [CH3][Ge]([CH3])([c]1ccc(-c2ccccc2)c(-n2cccn2)n1)[c]1ccc(-c2ccccc2)c(-n2cccn2)n1. The number of aromatic nitrogens is 6. The van der Waals surface area contributed by atoms with Crippen LogP contribution in [0.1, 0.15) is 0 Å². The van der Waals surface area contributed by atoms with E-state index in [1.807, 2.05) is 70.3 Å². The first-order valence-electron chi connectivity index (χ1n) is 12.3. The number of hydrogen-bond acceptors (Lipinski definition) is 4. The third-order valence-corrected chi connectivity index (χ3v) is 13.2. The molecule has 0 atom stereocenters. The zero-order valence-corrected chi connectivity index (χ0v) is 22.8. The summed E-state index contributed by atoms with van der Waals surface area (Å²) in [5, 5.41) is 9.02. The third kappa shape index (κ3) is 4.40. The van der Waals surface area contributed by atoms with E-state index in [2.05, 4.69) is 70.2 Å². The first-order chi connectivity index (χ1) is 18.1. The van der Waals surface area contributed by atoms with E-state index in [-0.39, 0.29) is 0 Å². The second-order valence-corrected chi connectivity index (χ2v) is 18.4. The van der Waals surface area contributed by atoms with Crippen molar-refractivity contribution < 1.29 is 0 Å². The molecule has 37 heavy (non-hydrogen) atoms. The molecular formula is C30H26GeN6. The Kier molecular flexibility index (Phi) is 6.02. The monoisotopic (exact) mass is 544 g/mol. The summed E-state index contributed by atoms with van der Waals surface area (Å²) in [6.45, 7) is 0. The molecule has 4 aromatic heterocycles. The molecule has 0 aliphatic carbocycles. The second kappa shape index (κ2) is 9.63. The normalized spacial score (nSPS) is 11.5. The number of hydrogen-bond donors (Lipinski definition) is 0. The van der Waals surface area contributed by atoms with Gasteiger partial charge in [0.25, 0.3) is 0 Å². The molecule has 0 spiro atoms. The summed E-state index contributed by atoms with van der Waals surface area (Å²) < 4.78 is 5.89. The Bertz CT molecular complexity index is 1500. The molecule has 0 radical (unpaired) electrons. The minimum atomic E-state index is -2.93. The van der Waals surface area contributed by atoms with Crippen molar-refractivity contribution in [1.82, 2.24) is 29.5 Å². The molecule has 180 valence electrons. The quantitative estimate of drug-likeness (QED) is 0.278. The van der Waals surface area contributed by atoms with Crippen molar-refractivity contribution >= 4 is 22.3 Å². The minimum absolute atomic E-state index is 0.834.